The lowest BCUT2D eigenvalue weighted by Crippen LogP contribution is -2.28. The van der Waals surface area contributed by atoms with Gasteiger partial charge in [0, 0.05) is 18.4 Å². The van der Waals surface area contributed by atoms with Crippen LogP contribution < -0.4 is 5.32 Å². The highest BCUT2D eigenvalue weighted by Crippen LogP contribution is 2.31. The molecule has 0 bridgehead atoms. The van der Waals surface area contributed by atoms with Gasteiger partial charge in [0.05, 0.1) is 0 Å². The molecule has 1 atom stereocenters. The van der Waals surface area contributed by atoms with Gasteiger partial charge in [-0.05, 0) is 43.7 Å². The largest absolute Gasteiger partial charge is 0.339 e. The van der Waals surface area contributed by atoms with E-state index in [9.17, 15) is 0 Å². The Morgan fingerprint density at radius 3 is 2.82 bits per heavy atom. The van der Waals surface area contributed by atoms with E-state index in [0.29, 0.717) is 11.8 Å². The van der Waals surface area contributed by atoms with Crippen molar-refractivity contribution in [1.82, 2.24) is 15.5 Å². The molecule has 0 spiro atoms. The van der Waals surface area contributed by atoms with Crippen molar-refractivity contribution in [3.8, 4) is 0 Å². The zero-order valence-corrected chi connectivity index (χ0v) is 10.8. The first-order valence-corrected chi connectivity index (χ1v) is 7.71. The van der Waals surface area contributed by atoms with Gasteiger partial charge in [-0.1, -0.05) is 5.16 Å². The smallest absolute Gasteiger partial charge is 0.229 e. The lowest BCUT2D eigenvalue weighted by molar-refractivity contribution is 0.336. The average Bonchev–Trinajstić information content (AvgIpc) is 2.90. The van der Waals surface area contributed by atoms with Crippen LogP contribution in [-0.4, -0.2) is 34.7 Å². The van der Waals surface area contributed by atoms with Gasteiger partial charge in [0.25, 0.3) is 0 Å². The Bertz CT molecular complexity index is 324. The van der Waals surface area contributed by atoms with Gasteiger partial charge >= 0.3 is 0 Å². The predicted molar refractivity (Wildman–Crippen MR) is 68.4 cm³/mol. The van der Waals surface area contributed by atoms with Gasteiger partial charge < -0.3 is 9.84 Å². The fourth-order valence-corrected chi connectivity index (χ4v) is 3.70. The molecule has 0 aliphatic carbocycles. The summed E-state index contributed by atoms with van der Waals surface area (Å²) in [4.78, 5) is 4.63. The first-order valence-electron chi connectivity index (χ1n) is 6.55. The molecule has 17 heavy (non-hydrogen) atoms. The van der Waals surface area contributed by atoms with Gasteiger partial charge in [-0.25, -0.2) is 0 Å². The van der Waals surface area contributed by atoms with E-state index >= 15 is 0 Å². The molecule has 2 saturated heterocycles. The van der Waals surface area contributed by atoms with Crippen molar-refractivity contribution in [1.29, 1.82) is 0 Å². The highest BCUT2D eigenvalue weighted by Gasteiger charge is 2.25. The van der Waals surface area contributed by atoms with Crippen LogP contribution in [0, 0.1) is 0 Å². The Morgan fingerprint density at radius 2 is 2.06 bits per heavy atom. The van der Waals surface area contributed by atoms with Crippen molar-refractivity contribution in [2.75, 3.05) is 24.6 Å². The van der Waals surface area contributed by atoms with Crippen LogP contribution in [0.1, 0.15) is 49.2 Å². The van der Waals surface area contributed by atoms with Crippen molar-refractivity contribution in [2.45, 2.75) is 37.5 Å². The van der Waals surface area contributed by atoms with Crippen LogP contribution >= 0.6 is 11.8 Å². The molecule has 3 rings (SSSR count). The van der Waals surface area contributed by atoms with Crippen molar-refractivity contribution >= 4 is 11.8 Å². The van der Waals surface area contributed by atoms with E-state index in [4.69, 9.17) is 4.52 Å². The first kappa shape index (κ1) is 11.5. The third-order valence-corrected chi connectivity index (χ3v) is 4.74. The molecule has 4 nitrogen and oxygen atoms in total. The number of thioether (sulfide) groups is 1. The second-order valence-corrected chi connectivity index (χ2v) is 6.15. The van der Waals surface area contributed by atoms with E-state index in [1.165, 1.54) is 37.2 Å². The molecule has 0 amide bonds. The summed E-state index contributed by atoms with van der Waals surface area (Å²) in [5.74, 6) is 5.23. The fraction of sp³-hybridized carbons (Fsp3) is 0.833. The molecule has 5 heteroatoms. The van der Waals surface area contributed by atoms with Gasteiger partial charge in [-0.15, -0.1) is 0 Å². The molecule has 1 unspecified atom stereocenters. The zero-order chi connectivity index (χ0) is 11.5. The van der Waals surface area contributed by atoms with E-state index in [-0.39, 0.29) is 0 Å². The summed E-state index contributed by atoms with van der Waals surface area (Å²) in [6, 6.07) is 0. The Labute approximate surface area is 106 Å². The maximum atomic E-state index is 5.46. The quantitative estimate of drug-likeness (QED) is 0.875. The number of rotatable bonds is 2. The molecule has 1 aromatic rings. The number of hydrogen-bond donors (Lipinski definition) is 1. The summed E-state index contributed by atoms with van der Waals surface area (Å²) in [5.41, 5.74) is 0. The van der Waals surface area contributed by atoms with Crippen LogP contribution in [0.3, 0.4) is 0 Å². The number of nitrogens with one attached hydrogen (secondary N) is 1. The molecule has 2 aliphatic heterocycles. The Hall–Kier alpha value is -0.550. The Morgan fingerprint density at radius 1 is 1.18 bits per heavy atom. The summed E-state index contributed by atoms with van der Waals surface area (Å²) in [6.07, 6.45) is 4.78. The van der Waals surface area contributed by atoms with Gasteiger partial charge in [-0.2, -0.15) is 16.7 Å². The lowest BCUT2D eigenvalue weighted by Gasteiger charge is -2.19. The van der Waals surface area contributed by atoms with Crippen molar-refractivity contribution in [2.24, 2.45) is 0 Å². The molecule has 3 heterocycles. The van der Waals surface area contributed by atoms with Crippen LogP contribution in [0.15, 0.2) is 4.52 Å². The van der Waals surface area contributed by atoms with E-state index in [1.54, 1.807) is 0 Å². The number of piperidine rings is 1. The summed E-state index contributed by atoms with van der Waals surface area (Å²) < 4.78 is 5.46. The van der Waals surface area contributed by atoms with Crippen molar-refractivity contribution in [3.63, 3.8) is 0 Å². The molecule has 1 N–H and O–H groups in total. The van der Waals surface area contributed by atoms with Crippen LogP contribution in [-0.2, 0) is 0 Å². The summed E-state index contributed by atoms with van der Waals surface area (Å²) in [6.45, 7) is 2.13. The van der Waals surface area contributed by atoms with Crippen molar-refractivity contribution < 1.29 is 4.52 Å². The van der Waals surface area contributed by atoms with E-state index in [0.717, 1.165) is 24.8 Å². The number of hydrogen-bond acceptors (Lipinski definition) is 5. The highest BCUT2D eigenvalue weighted by atomic mass is 32.2. The molecule has 0 aromatic carbocycles. The van der Waals surface area contributed by atoms with Crippen LogP contribution in [0.25, 0.3) is 0 Å². The maximum Gasteiger partial charge on any atom is 0.229 e. The van der Waals surface area contributed by atoms with Crippen molar-refractivity contribution in [3.05, 3.63) is 11.7 Å². The topological polar surface area (TPSA) is 51.0 Å². The lowest BCUT2D eigenvalue weighted by atomic mass is 9.99. The number of nitrogens with zero attached hydrogens (tertiary/aromatic N) is 2. The Kier molecular flexibility index (Phi) is 3.66. The summed E-state index contributed by atoms with van der Waals surface area (Å²) in [7, 11) is 0. The number of aromatic nitrogens is 2. The van der Waals surface area contributed by atoms with Crippen LogP contribution in [0.4, 0.5) is 0 Å². The third-order valence-electron chi connectivity index (χ3n) is 3.69. The normalized spacial score (nSPS) is 27.2. The molecule has 2 aliphatic rings. The minimum Gasteiger partial charge on any atom is -0.339 e. The summed E-state index contributed by atoms with van der Waals surface area (Å²) in [5, 5.41) is 7.58. The third kappa shape index (κ3) is 2.65. The first-order chi connectivity index (χ1) is 8.43. The van der Waals surface area contributed by atoms with Gasteiger partial charge in [0.2, 0.25) is 5.89 Å². The van der Waals surface area contributed by atoms with E-state index in [1.807, 2.05) is 11.8 Å². The second-order valence-electron chi connectivity index (χ2n) is 4.92. The second kappa shape index (κ2) is 5.40. The van der Waals surface area contributed by atoms with Gasteiger partial charge in [0.15, 0.2) is 5.82 Å². The SMILES string of the molecule is C1CNCC(c2noc(C3CCSCC3)n2)C1. The van der Waals surface area contributed by atoms with E-state index in [2.05, 4.69) is 15.5 Å². The predicted octanol–water partition coefficient (Wildman–Crippen LogP) is 2.15. The molecule has 0 saturated carbocycles. The molecule has 94 valence electrons. The fourth-order valence-electron chi connectivity index (χ4n) is 2.60. The molecule has 0 radical (unpaired) electrons. The zero-order valence-electron chi connectivity index (χ0n) is 10.0. The monoisotopic (exact) mass is 253 g/mol. The molecular formula is C12H19N3OS. The minimum atomic E-state index is 0.458. The van der Waals surface area contributed by atoms with Crippen LogP contribution in [0.2, 0.25) is 0 Å². The Balaban J connectivity index is 1.68. The molecule has 1 aromatic heterocycles. The van der Waals surface area contributed by atoms with E-state index < -0.39 is 0 Å². The highest BCUT2D eigenvalue weighted by molar-refractivity contribution is 7.99. The van der Waals surface area contributed by atoms with Crippen LogP contribution in [0.5, 0.6) is 0 Å². The minimum absolute atomic E-state index is 0.458. The maximum absolute atomic E-state index is 5.46. The van der Waals surface area contributed by atoms with Gasteiger partial charge in [0.1, 0.15) is 0 Å². The van der Waals surface area contributed by atoms with Gasteiger partial charge in [-0.3, -0.25) is 0 Å². The standard InChI is InChI=1S/C12H19N3OS/c1-2-10(8-13-5-1)11-14-12(16-15-11)9-3-6-17-7-4-9/h9-10,13H,1-8H2. The molecule has 2 fully saturated rings. The summed E-state index contributed by atoms with van der Waals surface area (Å²) >= 11 is 2.03. The average molecular weight is 253 g/mol. The molecular weight excluding hydrogens is 234 g/mol.